The zero-order valence-corrected chi connectivity index (χ0v) is 16.0. The van der Waals surface area contributed by atoms with Crippen molar-refractivity contribution in [3.8, 4) is 0 Å². The van der Waals surface area contributed by atoms with Crippen LogP contribution in [0.1, 0.15) is 49.5 Å². The lowest BCUT2D eigenvalue weighted by molar-refractivity contribution is 0.0853. The number of amides is 2. The highest BCUT2D eigenvalue weighted by molar-refractivity contribution is 5.97. The van der Waals surface area contributed by atoms with Crippen LogP contribution in [0.25, 0.3) is 0 Å². The van der Waals surface area contributed by atoms with E-state index in [-0.39, 0.29) is 11.8 Å². The van der Waals surface area contributed by atoms with Crippen LogP contribution in [0.5, 0.6) is 0 Å². The lowest BCUT2D eigenvalue weighted by atomic mass is 10.0. The van der Waals surface area contributed by atoms with Crippen molar-refractivity contribution in [2.24, 2.45) is 0 Å². The van der Waals surface area contributed by atoms with Gasteiger partial charge in [0, 0.05) is 44.8 Å². The molecule has 1 aliphatic heterocycles. The third kappa shape index (κ3) is 5.05. The number of ketones is 1. The molecule has 0 atom stereocenters. The minimum absolute atomic E-state index is 0.111. The summed E-state index contributed by atoms with van der Waals surface area (Å²) in [4.78, 5) is 30.7. The molecular weight excluding hydrogens is 314 g/mol. The summed E-state index contributed by atoms with van der Waals surface area (Å²) in [6, 6.07) is 8.05. The Morgan fingerprint density at radius 2 is 1.56 bits per heavy atom. The van der Waals surface area contributed by atoms with Crippen molar-refractivity contribution >= 4 is 11.8 Å². The van der Waals surface area contributed by atoms with Gasteiger partial charge in [-0.05, 0) is 25.3 Å². The first-order valence-electron chi connectivity index (χ1n) is 9.35. The van der Waals surface area contributed by atoms with E-state index in [1.807, 2.05) is 47.9 Å². The molecule has 0 unspecified atom stereocenters. The summed E-state index contributed by atoms with van der Waals surface area (Å²) in [6.07, 6.45) is 0. The number of Topliss-reactive ketones (excluding diaryl/α,β-unsaturated/α-hetero) is 1. The predicted molar refractivity (Wildman–Crippen MR) is 101 cm³/mol. The zero-order chi connectivity index (χ0) is 18.4. The molecule has 5 heteroatoms. The fraction of sp³-hybridized carbons (Fsp3) is 0.600. The Morgan fingerprint density at radius 1 is 1.00 bits per heavy atom. The third-order valence-corrected chi connectivity index (χ3v) is 4.94. The van der Waals surface area contributed by atoms with Crippen molar-refractivity contribution in [1.82, 2.24) is 14.7 Å². The molecule has 2 rings (SSSR count). The fourth-order valence-corrected chi connectivity index (χ4v) is 3.14. The van der Waals surface area contributed by atoms with Gasteiger partial charge in [0.25, 0.3) is 0 Å². The van der Waals surface area contributed by atoms with Crippen molar-refractivity contribution in [1.29, 1.82) is 0 Å². The largest absolute Gasteiger partial charge is 0.325 e. The molecule has 0 aliphatic carbocycles. The summed E-state index contributed by atoms with van der Waals surface area (Å²) in [5.74, 6) is 0.624. The number of carbonyl (C=O) groups is 2. The van der Waals surface area contributed by atoms with Gasteiger partial charge in [-0.1, -0.05) is 38.1 Å². The molecule has 1 heterocycles. The number of nitrogens with zero attached hydrogens (tertiary/aromatic N) is 3. The number of benzene rings is 1. The van der Waals surface area contributed by atoms with E-state index in [1.54, 1.807) is 0 Å². The molecular formula is C20H31N3O2. The van der Waals surface area contributed by atoms with Gasteiger partial charge in [-0.3, -0.25) is 9.69 Å². The summed E-state index contributed by atoms with van der Waals surface area (Å²) >= 11 is 0. The van der Waals surface area contributed by atoms with Crippen LogP contribution in [-0.4, -0.2) is 72.3 Å². The monoisotopic (exact) mass is 345 g/mol. The summed E-state index contributed by atoms with van der Waals surface area (Å²) in [6.45, 7) is 13.1. The number of hydrogen-bond donors (Lipinski definition) is 0. The number of piperazine rings is 1. The number of carbonyl (C=O) groups excluding carboxylic acids is 2. The Morgan fingerprint density at radius 3 is 2.04 bits per heavy atom. The molecule has 0 N–H and O–H groups in total. The van der Waals surface area contributed by atoms with E-state index in [0.29, 0.717) is 25.6 Å². The quantitative estimate of drug-likeness (QED) is 0.744. The molecule has 1 saturated heterocycles. The van der Waals surface area contributed by atoms with Gasteiger partial charge in [-0.15, -0.1) is 0 Å². The Labute approximate surface area is 151 Å². The summed E-state index contributed by atoms with van der Waals surface area (Å²) in [5.41, 5.74) is 2.02. The molecule has 25 heavy (non-hydrogen) atoms. The van der Waals surface area contributed by atoms with Crippen LogP contribution >= 0.6 is 0 Å². The summed E-state index contributed by atoms with van der Waals surface area (Å²) < 4.78 is 0. The maximum atomic E-state index is 12.5. The highest BCUT2D eigenvalue weighted by atomic mass is 16.2. The minimum Gasteiger partial charge on any atom is -0.325 e. The van der Waals surface area contributed by atoms with Gasteiger partial charge in [0.15, 0.2) is 5.78 Å². The molecule has 0 aromatic heterocycles. The molecule has 0 saturated carbocycles. The third-order valence-electron chi connectivity index (χ3n) is 4.94. The minimum atomic E-state index is 0.111. The standard InChI is InChI=1S/C20H31N3O2/c1-5-22(6-2)20(25)23-13-11-21(12-14-23)15-19(24)18-9-7-17(8-10-18)16(3)4/h7-10,16H,5-6,11-15H2,1-4H3. The summed E-state index contributed by atoms with van der Waals surface area (Å²) in [5, 5.41) is 0. The van der Waals surface area contributed by atoms with Crippen LogP contribution in [-0.2, 0) is 0 Å². The van der Waals surface area contributed by atoms with Gasteiger partial charge < -0.3 is 9.80 Å². The first-order valence-corrected chi connectivity index (χ1v) is 9.35. The smallest absolute Gasteiger partial charge is 0.320 e. The first kappa shape index (κ1) is 19.4. The Kier molecular flexibility index (Phi) is 7.00. The molecule has 1 aliphatic rings. The second kappa shape index (κ2) is 8.99. The van der Waals surface area contributed by atoms with Crippen LogP contribution in [0.15, 0.2) is 24.3 Å². The van der Waals surface area contributed by atoms with Gasteiger partial charge >= 0.3 is 6.03 Å². The molecule has 0 radical (unpaired) electrons. The number of hydrogen-bond acceptors (Lipinski definition) is 3. The highest BCUT2D eigenvalue weighted by Crippen LogP contribution is 2.15. The zero-order valence-electron chi connectivity index (χ0n) is 16.0. The van der Waals surface area contributed by atoms with Crippen molar-refractivity contribution < 1.29 is 9.59 Å². The topological polar surface area (TPSA) is 43.9 Å². The van der Waals surface area contributed by atoms with Crippen LogP contribution in [0.2, 0.25) is 0 Å². The van der Waals surface area contributed by atoms with E-state index < -0.39 is 0 Å². The second-order valence-corrected chi connectivity index (χ2v) is 6.92. The van der Waals surface area contributed by atoms with Gasteiger partial charge in [-0.2, -0.15) is 0 Å². The highest BCUT2D eigenvalue weighted by Gasteiger charge is 2.25. The molecule has 1 fully saturated rings. The van der Waals surface area contributed by atoms with Gasteiger partial charge in [0.1, 0.15) is 0 Å². The fourth-order valence-electron chi connectivity index (χ4n) is 3.14. The van der Waals surface area contributed by atoms with E-state index in [4.69, 9.17) is 0 Å². The summed E-state index contributed by atoms with van der Waals surface area (Å²) in [7, 11) is 0. The Bertz CT molecular complexity index is 571. The molecule has 0 bridgehead atoms. The van der Waals surface area contributed by atoms with E-state index in [0.717, 1.165) is 31.7 Å². The lowest BCUT2D eigenvalue weighted by Crippen LogP contribution is -2.53. The molecule has 138 valence electrons. The molecule has 5 nitrogen and oxygen atoms in total. The maximum Gasteiger partial charge on any atom is 0.320 e. The van der Waals surface area contributed by atoms with Crippen molar-refractivity contribution in [2.75, 3.05) is 45.8 Å². The molecule has 2 amide bonds. The van der Waals surface area contributed by atoms with Crippen molar-refractivity contribution in [2.45, 2.75) is 33.6 Å². The average molecular weight is 345 g/mol. The maximum absolute atomic E-state index is 12.5. The van der Waals surface area contributed by atoms with Crippen LogP contribution in [0.4, 0.5) is 4.79 Å². The van der Waals surface area contributed by atoms with Gasteiger partial charge in [-0.25, -0.2) is 4.79 Å². The lowest BCUT2D eigenvalue weighted by Gasteiger charge is -2.36. The van der Waals surface area contributed by atoms with E-state index in [1.165, 1.54) is 5.56 Å². The van der Waals surface area contributed by atoms with Crippen molar-refractivity contribution in [3.63, 3.8) is 0 Å². The number of rotatable bonds is 6. The second-order valence-electron chi connectivity index (χ2n) is 6.92. The molecule has 1 aromatic carbocycles. The van der Waals surface area contributed by atoms with Crippen LogP contribution < -0.4 is 0 Å². The van der Waals surface area contributed by atoms with E-state index in [9.17, 15) is 9.59 Å². The van der Waals surface area contributed by atoms with Gasteiger partial charge in [0.05, 0.1) is 6.54 Å². The normalized spacial score (nSPS) is 15.5. The average Bonchev–Trinajstić information content (AvgIpc) is 2.63. The van der Waals surface area contributed by atoms with E-state index >= 15 is 0 Å². The van der Waals surface area contributed by atoms with Gasteiger partial charge in [0.2, 0.25) is 0 Å². The van der Waals surface area contributed by atoms with Crippen LogP contribution in [0, 0.1) is 0 Å². The predicted octanol–water partition coefficient (Wildman–Crippen LogP) is 3.07. The SMILES string of the molecule is CCN(CC)C(=O)N1CCN(CC(=O)c2ccc(C(C)C)cc2)CC1. The first-order chi connectivity index (χ1) is 12.0. The van der Waals surface area contributed by atoms with Crippen molar-refractivity contribution in [3.05, 3.63) is 35.4 Å². The Hall–Kier alpha value is -1.88. The molecule has 0 spiro atoms. The van der Waals surface area contributed by atoms with Crippen LogP contribution in [0.3, 0.4) is 0 Å². The molecule has 1 aromatic rings. The van der Waals surface area contributed by atoms with E-state index in [2.05, 4.69) is 18.7 Å². The number of urea groups is 1. The Balaban J connectivity index is 1.85.